The number of carbonyl (C=O) groups excluding carboxylic acids is 1. The molecule has 0 aliphatic carbocycles. The zero-order valence-corrected chi connectivity index (χ0v) is 11.5. The molecule has 0 fully saturated rings. The molecule has 1 amide bonds. The highest BCUT2D eigenvalue weighted by molar-refractivity contribution is 5.81. The molecule has 0 aliphatic rings. The second-order valence-corrected chi connectivity index (χ2v) is 5.12. The van der Waals surface area contributed by atoms with Gasteiger partial charge in [0.2, 0.25) is 5.91 Å². The molecule has 0 aliphatic heterocycles. The number of amides is 1. The molecule has 1 aromatic rings. The van der Waals surface area contributed by atoms with Gasteiger partial charge >= 0.3 is 0 Å². The highest BCUT2D eigenvalue weighted by Crippen LogP contribution is 2.16. The van der Waals surface area contributed by atoms with Crippen molar-refractivity contribution in [2.45, 2.75) is 45.7 Å². The number of benzene rings is 1. The summed E-state index contributed by atoms with van der Waals surface area (Å²) < 4.78 is 0. The molecule has 0 bridgehead atoms. The van der Waals surface area contributed by atoms with Crippen molar-refractivity contribution in [3.8, 4) is 0 Å². The predicted octanol–water partition coefficient (Wildman–Crippen LogP) is 2.63. The number of nitrogens with one attached hydrogen (secondary N) is 1. The number of carbonyl (C=O) groups is 1. The van der Waals surface area contributed by atoms with Gasteiger partial charge in [-0.1, -0.05) is 51.1 Å². The monoisotopic (exact) mass is 248 g/mol. The average Bonchev–Trinajstić information content (AvgIpc) is 2.35. The van der Waals surface area contributed by atoms with E-state index in [1.807, 2.05) is 30.3 Å². The van der Waals surface area contributed by atoms with E-state index in [9.17, 15) is 4.79 Å². The quantitative estimate of drug-likeness (QED) is 0.813. The Hall–Kier alpha value is -1.35. The normalized spacial score (nSPS) is 14.3. The first-order valence-electron chi connectivity index (χ1n) is 6.65. The van der Waals surface area contributed by atoms with Gasteiger partial charge in [0.15, 0.2) is 0 Å². The topological polar surface area (TPSA) is 55.1 Å². The lowest BCUT2D eigenvalue weighted by molar-refractivity contribution is -0.123. The van der Waals surface area contributed by atoms with E-state index in [1.165, 1.54) is 0 Å². The Morgan fingerprint density at radius 3 is 2.39 bits per heavy atom. The molecule has 3 heteroatoms. The lowest BCUT2D eigenvalue weighted by Crippen LogP contribution is -2.42. The van der Waals surface area contributed by atoms with E-state index < -0.39 is 6.04 Å². The van der Waals surface area contributed by atoms with E-state index in [4.69, 9.17) is 5.73 Å². The lowest BCUT2D eigenvalue weighted by atomic mass is 10.0. The van der Waals surface area contributed by atoms with E-state index in [1.54, 1.807) is 0 Å². The zero-order valence-electron chi connectivity index (χ0n) is 11.5. The first-order valence-corrected chi connectivity index (χ1v) is 6.65. The molecule has 3 nitrogen and oxygen atoms in total. The maximum absolute atomic E-state index is 12.0. The molecule has 0 aromatic heterocycles. The smallest absolute Gasteiger partial charge is 0.237 e. The summed E-state index contributed by atoms with van der Waals surface area (Å²) in [5, 5.41) is 3.02. The van der Waals surface area contributed by atoms with Crippen LogP contribution in [0.5, 0.6) is 0 Å². The predicted molar refractivity (Wildman–Crippen MR) is 75.0 cm³/mol. The molecular weight excluding hydrogens is 224 g/mol. The largest absolute Gasteiger partial charge is 0.348 e. The molecule has 1 unspecified atom stereocenters. The van der Waals surface area contributed by atoms with Crippen molar-refractivity contribution in [3.63, 3.8) is 0 Å². The van der Waals surface area contributed by atoms with Gasteiger partial charge in [0, 0.05) is 0 Å². The zero-order chi connectivity index (χ0) is 13.5. The maximum Gasteiger partial charge on any atom is 0.237 e. The minimum absolute atomic E-state index is 0.0527. The molecule has 0 radical (unpaired) electrons. The van der Waals surface area contributed by atoms with E-state index in [2.05, 4.69) is 26.1 Å². The van der Waals surface area contributed by atoms with Gasteiger partial charge in [-0.3, -0.25) is 4.79 Å². The lowest BCUT2D eigenvalue weighted by Gasteiger charge is -2.21. The van der Waals surface area contributed by atoms with Gasteiger partial charge in [-0.2, -0.15) is 0 Å². The number of rotatable bonds is 6. The average molecular weight is 248 g/mol. The molecule has 3 N–H and O–H groups in total. The fourth-order valence-corrected chi connectivity index (χ4v) is 2.00. The van der Waals surface area contributed by atoms with Crippen molar-refractivity contribution in [3.05, 3.63) is 35.9 Å². The molecule has 100 valence electrons. The molecule has 0 heterocycles. The summed E-state index contributed by atoms with van der Waals surface area (Å²) in [6, 6.07) is 9.64. The van der Waals surface area contributed by atoms with Crippen molar-refractivity contribution in [2.75, 3.05) is 0 Å². The van der Waals surface area contributed by atoms with E-state index in [0.717, 1.165) is 18.4 Å². The van der Waals surface area contributed by atoms with Crippen LogP contribution >= 0.6 is 0 Å². The third kappa shape index (κ3) is 4.49. The van der Waals surface area contributed by atoms with Crippen molar-refractivity contribution in [2.24, 2.45) is 11.7 Å². The number of hydrogen-bond donors (Lipinski definition) is 2. The first-order chi connectivity index (χ1) is 8.54. The van der Waals surface area contributed by atoms with Crippen LogP contribution in [0.3, 0.4) is 0 Å². The van der Waals surface area contributed by atoms with Crippen LogP contribution in [0.2, 0.25) is 0 Å². The summed E-state index contributed by atoms with van der Waals surface area (Å²) in [6.45, 7) is 6.20. The first kappa shape index (κ1) is 14.7. The van der Waals surface area contributed by atoms with E-state index in [0.29, 0.717) is 5.92 Å². The summed E-state index contributed by atoms with van der Waals surface area (Å²) in [5.41, 5.74) is 7.02. The number of hydrogen-bond acceptors (Lipinski definition) is 2. The molecule has 18 heavy (non-hydrogen) atoms. The van der Waals surface area contributed by atoms with Crippen molar-refractivity contribution in [1.29, 1.82) is 0 Å². The van der Waals surface area contributed by atoms with Gasteiger partial charge < -0.3 is 11.1 Å². The second-order valence-electron chi connectivity index (χ2n) is 5.12. The standard InChI is InChI=1S/C15H24N2O/c1-4-14(12-8-6-5-7-9-12)17-15(18)13(16)10-11(2)3/h5-9,11,13-14H,4,10,16H2,1-3H3,(H,17,18)/t13-,14?/m1/s1. The summed E-state index contributed by atoms with van der Waals surface area (Å²) >= 11 is 0. The fourth-order valence-electron chi connectivity index (χ4n) is 2.00. The SMILES string of the molecule is CCC(NC(=O)[C@H](N)CC(C)C)c1ccccc1. The van der Waals surface area contributed by atoms with Crippen molar-refractivity contribution in [1.82, 2.24) is 5.32 Å². The summed E-state index contributed by atoms with van der Waals surface area (Å²) in [5.74, 6) is 0.377. The van der Waals surface area contributed by atoms with Gasteiger partial charge in [0.05, 0.1) is 12.1 Å². The number of nitrogens with two attached hydrogens (primary N) is 1. The summed E-state index contributed by atoms with van der Waals surface area (Å²) in [7, 11) is 0. The van der Waals surface area contributed by atoms with Gasteiger partial charge in [0.25, 0.3) is 0 Å². The molecule has 0 saturated carbocycles. The summed E-state index contributed by atoms with van der Waals surface area (Å²) in [4.78, 5) is 12.0. The van der Waals surface area contributed by atoms with Crippen LogP contribution in [0, 0.1) is 5.92 Å². The van der Waals surface area contributed by atoms with Crippen LogP contribution in [0.1, 0.15) is 45.2 Å². The minimum Gasteiger partial charge on any atom is -0.348 e. The third-order valence-corrected chi connectivity index (χ3v) is 2.99. The van der Waals surface area contributed by atoms with Crippen LogP contribution in [0.4, 0.5) is 0 Å². The molecule has 0 spiro atoms. The van der Waals surface area contributed by atoms with Gasteiger partial charge in [-0.25, -0.2) is 0 Å². The van der Waals surface area contributed by atoms with E-state index >= 15 is 0 Å². The van der Waals surface area contributed by atoms with Crippen LogP contribution in [0.15, 0.2) is 30.3 Å². The highest BCUT2D eigenvalue weighted by atomic mass is 16.2. The summed E-state index contributed by atoms with van der Waals surface area (Å²) in [6.07, 6.45) is 1.58. The van der Waals surface area contributed by atoms with Gasteiger partial charge in [-0.15, -0.1) is 0 Å². The van der Waals surface area contributed by atoms with Gasteiger partial charge in [0.1, 0.15) is 0 Å². The van der Waals surface area contributed by atoms with Crippen LogP contribution in [0.25, 0.3) is 0 Å². The van der Waals surface area contributed by atoms with Gasteiger partial charge in [-0.05, 0) is 24.3 Å². The molecule has 1 aromatic carbocycles. The second kappa shape index (κ2) is 7.17. The molecular formula is C15H24N2O. The Morgan fingerprint density at radius 1 is 1.28 bits per heavy atom. The van der Waals surface area contributed by atoms with Crippen LogP contribution < -0.4 is 11.1 Å². The fraction of sp³-hybridized carbons (Fsp3) is 0.533. The third-order valence-electron chi connectivity index (χ3n) is 2.99. The van der Waals surface area contributed by atoms with Crippen LogP contribution in [-0.4, -0.2) is 11.9 Å². The Balaban J connectivity index is 2.61. The Bertz CT molecular complexity index is 362. The Morgan fingerprint density at radius 2 is 1.89 bits per heavy atom. The Labute approximate surface area is 110 Å². The minimum atomic E-state index is -0.414. The van der Waals surface area contributed by atoms with E-state index in [-0.39, 0.29) is 11.9 Å². The van der Waals surface area contributed by atoms with Crippen LogP contribution in [-0.2, 0) is 4.79 Å². The van der Waals surface area contributed by atoms with Crippen molar-refractivity contribution >= 4 is 5.91 Å². The Kier molecular flexibility index (Phi) is 5.86. The van der Waals surface area contributed by atoms with Crippen molar-refractivity contribution < 1.29 is 4.79 Å². The highest BCUT2D eigenvalue weighted by Gasteiger charge is 2.18. The maximum atomic E-state index is 12.0. The molecule has 0 saturated heterocycles. The molecule has 2 atom stereocenters. The molecule has 1 rings (SSSR count).